The first-order chi connectivity index (χ1) is 5.20. The molecule has 0 heterocycles. The summed E-state index contributed by atoms with van der Waals surface area (Å²) in [5.41, 5.74) is 0. The number of nitrogens with two attached hydrogens (primary N) is 4. The van der Waals surface area contributed by atoms with Gasteiger partial charge in [0.25, 0.3) is 0 Å². The van der Waals surface area contributed by atoms with Crippen molar-refractivity contribution < 1.29 is 25.0 Å². The minimum absolute atomic E-state index is 0.250. The van der Waals surface area contributed by atoms with Gasteiger partial charge in [-0.2, -0.15) is 0 Å². The van der Waals surface area contributed by atoms with Crippen LogP contribution < -0.4 is 33.6 Å². The van der Waals surface area contributed by atoms with E-state index in [9.17, 15) is 0 Å². The molecule has 0 saturated heterocycles. The molecule has 0 unspecified atom stereocenters. The van der Waals surface area contributed by atoms with Crippen molar-refractivity contribution in [3.05, 3.63) is 9.81 Å². The summed E-state index contributed by atoms with van der Waals surface area (Å²) in [6, 6.07) is 0. The van der Waals surface area contributed by atoms with Gasteiger partial charge in [0.2, 0.25) is 9.96 Å². The van der Waals surface area contributed by atoms with E-state index in [1.54, 1.807) is 0 Å². The maximum atomic E-state index is 8.92. The minimum Gasteiger partial charge on any atom is -0.652 e. The molecule has 0 spiro atoms. The second-order valence-corrected chi connectivity index (χ2v) is 0.970. The minimum atomic E-state index is -2.33. The molecule has 0 saturated carbocycles. The topological polar surface area (TPSA) is 207 Å². The molecule has 8 N–H and O–H groups in total. The highest BCUT2D eigenvalue weighted by Gasteiger charge is 1.67. The molecule has 0 bridgehead atoms. The van der Waals surface area contributed by atoms with Gasteiger partial charge < -0.3 is 15.0 Å². The second-order valence-electron chi connectivity index (χ2n) is 0.970. The first kappa shape index (κ1) is 16.3. The molecule has 0 aromatic heterocycles. The summed E-state index contributed by atoms with van der Waals surface area (Å²) in [5, 5.41) is 16.7. The summed E-state index contributed by atoms with van der Waals surface area (Å²) in [6.45, 7) is 0. The highest BCUT2D eigenvalue weighted by molar-refractivity contribution is 5.47. The van der Waals surface area contributed by atoms with Gasteiger partial charge in [0.1, 0.15) is 0 Å². The number of carbonyl (C=O) groups excluding carboxylic acids is 1. The van der Waals surface area contributed by atoms with Crippen LogP contribution in [0.15, 0.2) is 0 Å². The molecule has 0 amide bonds. The van der Waals surface area contributed by atoms with Crippen LogP contribution in [-0.4, -0.2) is 16.1 Å². The van der Waals surface area contributed by atoms with Gasteiger partial charge in [0.15, 0.2) is 0 Å². The highest BCUT2D eigenvalue weighted by Crippen LogP contribution is 1.21. The van der Waals surface area contributed by atoms with E-state index in [1.807, 2.05) is 0 Å². The Kier molecular flexibility index (Phi) is 15.6. The summed E-state index contributed by atoms with van der Waals surface area (Å²) >= 11 is 0. The average molecular weight is 184 g/mol. The smallest absolute Gasteiger partial charge is 0.241 e. The van der Waals surface area contributed by atoms with Crippen LogP contribution >= 0.6 is 0 Å². The maximum Gasteiger partial charge on any atom is 0.241 e. The van der Waals surface area contributed by atoms with Gasteiger partial charge in [0, 0.05) is 0 Å². The lowest BCUT2D eigenvalue weighted by Crippen LogP contribution is -2.37. The zero-order valence-electron chi connectivity index (χ0n) is 5.75. The van der Waals surface area contributed by atoms with Gasteiger partial charge in [-0.3, -0.25) is 0 Å². The number of hydrazine groups is 4. The zero-order chi connectivity index (χ0) is 10.7. The Balaban J connectivity index is -0.000000101. The van der Waals surface area contributed by atoms with Gasteiger partial charge in [0.05, 0.1) is 9.81 Å². The highest BCUT2D eigenvalue weighted by atomic mass is 16.6. The van der Waals surface area contributed by atoms with E-state index in [-0.39, 0.29) is 9.96 Å². The Bertz CT molecular complexity index is 113. The van der Waals surface area contributed by atoms with Gasteiger partial charge in [-0.25, -0.2) is 0 Å². The third-order valence-electron chi connectivity index (χ3n) is 0. The molecule has 0 radical (unpaired) electrons. The number of nitroso groups, excluding NO2 is 2. The summed E-state index contributed by atoms with van der Waals surface area (Å²) in [6.07, 6.45) is -2.33. The maximum absolute atomic E-state index is 8.92. The van der Waals surface area contributed by atoms with E-state index in [0.717, 1.165) is 0 Å². The Morgan fingerprint density at radius 1 is 0.917 bits per heavy atom. The van der Waals surface area contributed by atoms with Gasteiger partial charge in [-0.1, -0.05) is 0 Å². The first-order valence-corrected chi connectivity index (χ1v) is 2.01. The van der Waals surface area contributed by atoms with Crippen LogP contribution in [0.3, 0.4) is 0 Å². The van der Waals surface area contributed by atoms with E-state index in [1.165, 1.54) is 0 Å². The lowest BCUT2D eigenvalue weighted by atomic mass is 11.5. The molecule has 11 heteroatoms. The van der Waals surface area contributed by atoms with E-state index >= 15 is 0 Å². The normalized spacial score (nSPS) is 6.00. The Labute approximate surface area is 65.6 Å². The van der Waals surface area contributed by atoms with Crippen LogP contribution in [0.1, 0.15) is 0 Å². The molecular formula is CH8N6O5. The van der Waals surface area contributed by atoms with Gasteiger partial charge >= 0.3 is 0 Å². The fourth-order valence-electron chi connectivity index (χ4n) is 0. The van der Waals surface area contributed by atoms with Crippen molar-refractivity contribution in [1.29, 1.82) is 0 Å². The number of nitrogens with zero attached hydrogens (tertiary/aromatic N) is 2. The van der Waals surface area contributed by atoms with Crippen LogP contribution in [0.5, 0.6) is 0 Å². The lowest BCUT2D eigenvalue weighted by Gasteiger charge is -1.96. The number of hydrogen-bond donors (Lipinski definition) is 4. The van der Waals surface area contributed by atoms with E-state index in [2.05, 4.69) is 23.4 Å². The van der Waals surface area contributed by atoms with Crippen molar-refractivity contribution in [2.24, 2.45) is 23.4 Å². The molecular weight excluding hydrogens is 176 g/mol. The fourth-order valence-corrected chi connectivity index (χ4v) is 0. The van der Waals surface area contributed by atoms with E-state index < -0.39 is 6.16 Å². The van der Waals surface area contributed by atoms with Crippen molar-refractivity contribution in [1.82, 2.24) is 0 Å². The SMILES string of the molecule is N[N+](N)=O.N[N+](N)=O.O=C([O-])[O-]. The number of rotatable bonds is 0. The predicted octanol–water partition coefficient (Wildman–Crippen LogP) is -5.42. The van der Waals surface area contributed by atoms with Crippen LogP contribution in [0.4, 0.5) is 4.79 Å². The summed E-state index contributed by atoms with van der Waals surface area (Å²) < 4.78 is 0. The molecule has 0 rings (SSSR count). The van der Waals surface area contributed by atoms with Crippen molar-refractivity contribution in [3.8, 4) is 0 Å². The Hall–Kier alpha value is -2.33. The Morgan fingerprint density at radius 2 is 0.917 bits per heavy atom. The van der Waals surface area contributed by atoms with Crippen LogP contribution in [0.2, 0.25) is 0 Å². The standard InChI is InChI=1S/CH2O3.2H4N3O/c2-1(3)4;2*1-3(2)4/h(H2,2,3,4);2*(H4,1,2,4)/q;2*+1/p-2. The largest absolute Gasteiger partial charge is 0.652 e. The van der Waals surface area contributed by atoms with Crippen molar-refractivity contribution in [2.75, 3.05) is 0 Å². The summed E-state index contributed by atoms with van der Waals surface area (Å²) in [4.78, 5) is 25.7. The third kappa shape index (κ3) is 62.9. The van der Waals surface area contributed by atoms with Gasteiger partial charge in [-0.15, -0.1) is 23.4 Å². The predicted molar refractivity (Wildman–Crippen MR) is 29.4 cm³/mol. The fraction of sp³-hybridized carbons (Fsp3) is 0. The third-order valence-corrected chi connectivity index (χ3v) is 0. The van der Waals surface area contributed by atoms with Crippen molar-refractivity contribution in [2.45, 2.75) is 0 Å². The first-order valence-electron chi connectivity index (χ1n) is 2.01. The Morgan fingerprint density at radius 3 is 0.917 bits per heavy atom. The van der Waals surface area contributed by atoms with Crippen LogP contribution in [0, 0.1) is 9.81 Å². The molecule has 12 heavy (non-hydrogen) atoms. The molecule has 72 valence electrons. The quantitative estimate of drug-likeness (QED) is 0.160. The molecule has 0 aliphatic heterocycles. The molecule has 0 aliphatic rings. The van der Waals surface area contributed by atoms with Crippen LogP contribution in [0.25, 0.3) is 0 Å². The monoisotopic (exact) mass is 184 g/mol. The molecule has 11 nitrogen and oxygen atoms in total. The van der Waals surface area contributed by atoms with E-state index in [0.29, 0.717) is 0 Å². The zero-order valence-corrected chi connectivity index (χ0v) is 5.75. The van der Waals surface area contributed by atoms with Crippen molar-refractivity contribution in [3.63, 3.8) is 0 Å². The number of hydrogen-bond acceptors (Lipinski definition) is 5. The molecule has 0 aromatic rings. The number of carboxylic acid groups (broad SMARTS) is 2. The average Bonchev–Trinajstić information content (AvgIpc) is 1.54. The van der Waals surface area contributed by atoms with E-state index in [4.69, 9.17) is 24.8 Å². The number of carbonyl (C=O) groups is 1. The van der Waals surface area contributed by atoms with Crippen molar-refractivity contribution >= 4 is 6.16 Å². The van der Waals surface area contributed by atoms with Gasteiger partial charge in [-0.05, 0) is 6.16 Å². The summed E-state index contributed by atoms with van der Waals surface area (Å²) in [7, 11) is 0. The molecule has 0 atom stereocenters. The molecule has 0 aliphatic carbocycles. The summed E-state index contributed by atoms with van der Waals surface area (Å²) in [5.74, 6) is 16.7. The lowest BCUT2D eigenvalue weighted by molar-refractivity contribution is -0.572. The van der Waals surface area contributed by atoms with Crippen LogP contribution in [-0.2, 0) is 0 Å². The molecule has 0 aromatic carbocycles. The molecule has 0 fully saturated rings. The second kappa shape index (κ2) is 11.5.